The molecule has 1 amide bonds. The molecule has 21 heavy (non-hydrogen) atoms. The molecule has 1 aromatic rings. The molecule has 112 valence electrons. The van der Waals surface area contributed by atoms with Gasteiger partial charge >= 0.3 is 0 Å². The van der Waals surface area contributed by atoms with Crippen LogP contribution in [0.2, 0.25) is 0 Å². The van der Waals surface area contributed by atoms with Crippen molar-refractivity contribution in [2.24, 2.45) is 0 Å². The number of benzene rings is 1. The predicted octanol–water partition coefficient (Wildman–Crippen LogP) is 1.34. The SMILES string of the molecule is COc1cccc(CC(=O)NC2(C#N)CCN(C)CC2)c1. The van der Waals surface area contributed by atoms with E-state index in [4.69, 9.17) is 4.74 Å². The van der Waals surface area contributed by atoms with E-state index >= 15 is 0 Å². The second-order valence-corrected chi connectivity index (χ2v) is 5.57. The number of carbonyl (C=O) groups is 1. The lowest BCUT2D eigenvalue weighted by atomic mass is 9.89. The minimum absolute atomic E-state index is 0.116. The summed E-state index contributed by atoms with van der Waals surface area (Å²) in [6.45, 7) is 1.65. The van der Waals surface area contributed by atoms with Crippen LogP contribution in [0.1, 0.15) is 18.4 Å². The molecule has 2 rings (SSSR count). The monoisotopic (exact) mass is 287 g/mol. The standard InChI is InChI=1S/C16H21N3O2/c1-19-8-6-16(12-17,7-9-19)18-15(20)11-13-4-3-5-14(10-13)21-2/h3-5,10H,6-9,11H2,1-2H3,(H,18,20). The lowest BCUT2D eigenvalue weighted by molar-refractivity contribution is -0.122. The lowest BCUT2D eigenvalue weighted by Gasteiger charge is -2.36. The van der Waals surface area contributed by atoms with Crippen molar-refractivity contribution < 1.29 is 9.53 Å². The number of ether oxygens (including phenoxy) is 1. The van der Waals surface area contributed by atoms with Crippen LogP contribution in [-0.2, 0) is 11.2 Å². The van der Waals surface area contributed by atoms with Crippen molar-refractivity contribution in [1.82, 2.24) is 10.2 Å². The van der Waals surface area contributed by atoms with Gasteiger partial charge in [-0.25, -0.2) is 0 Å². The maximum Gasteiger partial charge on any atom is 0.225 e. The van der Waals surface area contributed by atoms with Gasteiger partial charge in [0.05, 0.1) is 19.6 Å². The Hall–Kier alpha value is -2.06. The predicted molar refractivity (Wildman–Crippen MR) is 79.9 cm³/mol. The number of piperidine rings is 1. The van der Waals surface area contributed by atoms with Crippen molar-refractivity contribution >= 4 is 5.91 Å². The number of rotatable bonds is 4. The largest absolute Gasteiger partial charge is 0.497 e. The van der Waals surface area contributed by atoms with Crippen LogP contribution < -0.4 is 10.1 Å². The molecule has 0 unspecified atom stereocenters. The lowest BCUT2D eigenvalue weighted by Crippen LogP contribution is -2.54. The molecule has 1 aliphatic heterocycles. The number of amides is 1. The Morgan fingerprint density at radius 1 is 1.48 bits per heavy atom. The van der Waals surface area contributed by atoms with Crippen LogP contribution in [0.3, 0.4) is 0 Å². The third-order valence-electron chi connectivity index (χ3n) is 3.93. The summed E-state index contributed by atoms with van der Waals surface area (Å²) in [5.41, 5.74) is 0.163. The molecule has 1 fully saturated rings. The van der Waals surface area contributed by atoms with E-state index in [0.717, 1.165) is 24.4 Å². The highest BCUT2D eigenvalue weighted by atomic mass is 16.5. The first-order valence-electron chi connectivity index (χ1n) is 7.11. The summed E-state index contributed by atoms with van der Waals surface area (Å²) in [7, 11) is 3.63. The molecule has 1 saturated heterocycles. The van der Waals surface area contributed by atoms with Gasteiger partial charge in [0.25, 0.3) is 0 Å². The smallest absolute Gasteiger partial charge is 0.225 e. The van der Waals surface area contributed by atoms with Gasteiger partial charge in [-0.15, -0.1) is 0 Å². The molecule has 5 heteroatoms. The molecule has 1 N–H and O–H groups in total. The van der Waals surface area contributed by atoms with Crippen molar-refractivity contribution in [3.63, 3.8) is 0 Å². The van der Waals surface area contributed by atoms with Crippen LogP contribution in [-0.4, -0.2) is 43.6 Å². The van der Waals surface area contributed by atoms with Gasteiger partial charge in [-0.05, 0) is 37.6 Å². The Morgan fingerprint density at radius 2 is 2.19 bits per heavy atom. The van der Waals surface area contributed by atoms with E-state index in [1.165, 1.54) is 0 Å². The second kappa shape index (κ2) is 6.59. The van der Waals surface area contributed by atoms with Crippen LogP contribution in [0.15, 0.2) is 24.3 Å². The summed E-state index contributed by atoms with van der Waals surface area (Å²) in [5, 5.41) is 12.3. The van der Waals surface area contributed by atoms with Gasteiger partial charge in [-0.1, -0.05) is 12.1 Å². The van der Waals surface area contributed by atoms with Crippen LogP contribution >= 0.6 is 0 Å². The zero-order chi connectivity index (χ0) is 15.3. The Morgan fingerprint density at radius 3 is 2.81 bits per heavy atom. The summed E-state index contributed by atoms with van der Waals surface area (Å²) in [4.78, 5) is 14.4. The Balaban J connectivity index is 1.98. The van der Waals surface area contributed by atoms with E-state index in [1.807, 2.05) is 31.3 Å². The molecule has 0 saturated carbocycles. The first-order chi connectivity index (χ1) is 10.1. The quantitative estimate of drug-likeness (QED) is 0.907. The minimum atomic E-state index is -0.720. The van der Waals surface area contributed by atoms with E-state index in [0.29, 0.717) is 12.8 Å². The number of methoxy groups -OCH3 is 1. The zero-order valence-corrected chi connectivity index (χ0v) is 12.6. The van der Waals surface area contributed by atoms with Crippen molar-refractivity contribution in [1.29, 1.82) is 5.26 Å². The van der Waals surface area contributed by atoms with Crippen LogP contribution in [0, 0.1) is 11.3 Å². The Bertz CT molecular complexity index is 543. The fourth-order valence-electron chi connectivity index (χ4n) is 2.54. The molecule has 0 radical (unpaired) electrons. The van der Waals surface area contributed by atoms with Gasteiger partial charge in [0.2, 0.25) is 5.91 Å². The van der Waals surface area contributed by atoms with Gasteiger partial charge in [-0.2, -0.15) is 5.26 Å². The number of hydrogen-bond donors (Lipinski definition) is 1. The molecule has 1 aromatic carbocycles. The number of nitriles is 1. The van der Waals surface area contributed by atoms with E-state index in [-0.39, 0.29) is 12.3 Å². The van der Waals surface area contributed by atoms with Crippen molar-refractivity contribution in [2.75, 3.05) is 27.2 Å². The highest BCUT2D eigenvalue weighted by molar-refractivity contribution is 5.80. The summed E-state index contributed by atoms with van der Waals surface area (Å²) in [6, 6.07) is 9.72. The van der Waals surface area contributed by atoms with E-state index in [2.05, 4.69) is 16.3 Å². The second-order valence-electron chi connectivity index (χ2n) is 5.57. The number of carbonyl (C=O) groups excluding carboxylic acids is 1. The van der Waals surface area contributed by atoms with Crippen molar-refractivity contribution in [2.45, 2.75) is 24.8 Å². The molecule has 0 spiro atoms. The van der Waals surface area contributed by atoms with Gasteiger partial charge in [0, 0.05) is 13.1 Å². The summed E-state index contributed by atoms with van der Waals surface area (Å²) in [6.07, 6.45) is 1.60. The zero-order valence-electron chi connectivity index (χ0n) is 12.6. The molecule has 0 aromatic heterocycles. The number of likely N-dealkylation sites (tertiary alicyclic amines) is 1. The normalized spacial score (nSPS) is 17.8. The highest BCUT2D eigenvalue weighted by Crippen LogP contribution is 2.21. The highest BCUT2D eigenvalue weighted by Gasteiger charge is 2.35. The van der Waals surface area contributed by atoms with Crippen LogP contribution in [0.4, 0.5) is 0 Å². The maximum absolute atomic E-state index is 12.2. The fourth-order valence-corrected chi connectivity index (χ4v) is 2.54. The van der Waals surface area contributed by atoms with Crippen molar-refractivity contribution in [3.05, 3.63) is 29.8 Å². The fraction of sp³-hybridized carbons (Fsp3) is 0.500. The topological polar surface area (TPSA) is 65.4 Å². The average molecular weight is 287 g/mol. The molecule has 1 aliphatic rings. The Labute approximate surface area is 125 Å². The van der Waals surface area contributed by atoms with Crippen LogP contribution in [0.5, 0.6) is 5.75 Å². The summed E-state index contributed by atoms with van der Waals surface area (Å²) < 4.78 is 5.15. The average Bonchev–Trinajstić information content (AvgIpc) is 2.50. The molecular weight excluding hydrogens is 266 g/mol. The van der Waals surface area contributed by atoms with E-state index < -0.39 is 5.54 Å². The molecule has 0 bridgehead atoms. The molecule has 0 aliphatic carbocycles. The number of nitrogens with one attached hydrogen (secondary N) is 1. The number of nitrogens with zero attached hydrogens (tertiary/aromatic N) is 2. The van der Waals surface area contributed by atoms with Gasteiger partial charge < -0.3 is 15.0 Å². The van der Waals surface area contributed by atoms with E-state index in [1.54, 1.807) is 7.11 Å². The van der Waals surface area contributed by atoms with E-state index in [9.17, 15) is 10.1 Å². The van der Waals surface area contributed by atoms with Crippen molar-refractivity contribution in [3.8, 4) is 11.8 Å². The molecule has 5 nitrogen and oxygen atoms in total. The maximum atomic E-state index is 12.2. The van der Waals surface area contributed by atoms with Gasteiger partial charge in [0.1, 0.15) is 11.3 Å². The summed E-state index contributed by atoms with van der Waals surface area (Å²) >= 11 is 0. The third-order valence-corrected chi connectivity index (χ3v) is 3.93. The van der Waals surface area contributed by atoms with Crippen LogP contribution in [0.25, 0.3) is 0 Å². The van der Waals surface area contributed by atoms with Gasteiger partial charge in [-0.3, -0.25) is 4.79 Å². The minimum Gasteiger partial charge on any atom is -0.497 e. The first-order valence-corrected chi connectivity index (χ1v) is 7.11. The molecule has 1 heterocycles. The summed E-state index contributed by atoms with van der Waals surface area (Å²) in [5.74, 6) is 0.615. The number of hydrogen-bond acceptors (Lipinski definition) is 4. The molecule has 0 atom stereocenters. The molecular formula is C16H21N3O2. The van der Waals surface area contributed by atoms with Gasteiger partial charge in [0.15, 0.2) is 0 Å². The third kappa shape index (κ3) is 3.96. The first kappa shape index (κ1) is 15.3. The Kier molecular flexibility index (Phi) is 4.81.